The van der Waals surface area contributed by atoms with Crippen LogP contribution in [-0.4, -0.2) is 35.4 Å². The highest BCUT2D eigenvalue weighted by Gasteiger charge is 2.11. The number of aromatic nitrogens is 1. The Labute approximate surface area is 146 Å². The van der Waals surface area contributed by atoms with Gasteiger partial charge in [-0.3, -0.25) is 4.79 Å². The quantitative estimate of drug-likeness (QED) is 0.844. The normalized spacial score (nSPS) is 14.7. The Balaban J connectivity index is 1.60. The van der Waals surface area contributed by atoms with Crippen LogP contribution in [0.3, 0.4) is 0 Å². The fourth-order valence-corrected chi connectivity index (χ4v) is 3.06. The molecule has 1 fully saturated rings. The average Bonchev–Trinajstić information content (AvgIpc) is 3.09. The van der Waals surface area contributed by atoms with Crippen LogP contribution < -0.4 is 11.1 Å². The Morgan fingerprint density at radius 3 is 2.58 bits per heavy atom. The Hall–Kier alpha value is -2.11. The second kappa shape index (κ2) is 7.64. The van der Waals surface area contributed by atoms with Crippen LogP contribution in [0.1, 0.15) is 28.8 Å². The van der Waals surface area contributed by atoms with Gasteiger partial charge in [0.1, 0.15) is 5.82 Å². The molecule has 1 amide bonds. The van der Waals surface area contributed by atoms with Crippen molar-refractivity contribution in [2.24, 2.45) is 5.73 Å². The van der Waals surface area contributed by atoms with Crippen molar-refractivity contribution < 1.29 is 4.79 Å². The summed E-state index contributed by atoms with van der Waals surface area (Å²) in [6, 6.07) is 9.77. The Kier molecular flexibility index (Phi) is 5.33. The average molecular weight is 345 g/mol. The lowest BCUT2D eigenvalue weighted by molar-refractivity contribution is 0.1000. The number of carbonyl (C=O) groups is 1. The molecular weight excluding hydrogens is 324 g/mol. The molecule has 2 aromatic rings. The summed E-state index contributed by atoms with van der Waals surface area (Å²) in [7, 11) is 0. The molecule has 6 heteroatoms. The summed E-state index contributed by atoms with van der Waals surface area (Å²) in [6.45, 7) is 3.57. The molecule has 0 radical (unpaired) electrons. The predicted octanol–water partition coefficient (Wildman–Crippen LogP) is 3.22. The number of benzene rings is 1. The van der Waals surface area contributed by atoms with Gasteiger partial charge in [0, 0.05) is 18.4 Å². The molecule has 0 unspecified atom stereocenters. The van der Waals surface area contributed by atoms with Crippen molar-refractivity contribution in [3.05, 3.63) is 52.7 Å². The molecule has 0 aliphatic carbocycles. The van der Waals surface area contributed by atoms with Gasteiger partial charge in [0.05, 0.1) is 10.6 Å². The summed E-state index contributed by atoms with van der Waals surface area (Å²) >= 11 is 6.14. The largest absolute Gasteiger partial charge is 0.366 e. The number of nitrogens with zero attached hydrogens (tertiary/aromatic N) is 2. The number of halogens is 1. The Morgan fingerprint density at radius 2 is 1.96 bits per heavy atom. The lowest BCUT2D eigenvalue weighted by atomic mass is 10.1. The third-order valence-corrected chi connectivity index (χ3v) is 4.55. The highest BCUT2D eigenvalue weighted by Crippen LogP contribution is 2.24. The first kappa shape index (κ1) is 16.7. The van der Waals surface area contributed by atoms with Gasteiger partial charge in [-0.15, -0.1) is 0 Å². The fraction of sp³-hybridized carbons (Fsp3) is 0.333. The number of nitrogens with two attached hydrogens (primary N) is 1. The van der Waals surface area contributed by atoms with Crippen LogP contribution in [0.5, 0.6) is 0 Å². The van der Waals surface area contributed by atoms with E-state index in [2.05, 4.69) is 27.3 Å². The van der Waals surface area contributed by atoms with Gasteiger partial charge in [-0.25, -0.2) is 4.98 Å². The first-order valence-corrected chi connectivity index (χ1v) is 8.53. The minimum absolute atomic E-state index is 0.294. The number of pyridine rings is 1. The SMILES string of the molecule is NC(=O)c1cnc(Nc2ccc(CCN3CCCC3)cc2)c(Cl)c1. The van der Waals surface area contributed by atoms with Crippen LogP contribution in [0.4, 0.5) is 11.5 Å². The molecule has 3 rings (SSSR count). The molecule has 0 spiro atoms. The molecule has 0 saturated carbocycles. The van der Waals surface area contributed by atoms with Gasteiger partial charge in [0.2, 0.25) is 5.91 Å². The number of likely N-dealkylation sites (tertiary alicyclic amines) is 1. The maximum Gasteiger partial charge on any atom is 0.250 e. The van der Waals surface area contributed by atoms with E-state index in [4.69, 9.17) is 17.3 Å². The van der Waals surface area contributed by atoms with Gasteiger partial charge < -0.3 is 16.0 Å². The molecule has 2 heterocycles. The smallest absolute Gasteiger partial charge is 0.250 e. The standard InChI is InChI=1S/C18H21ClN4O/c19-16-11-14(17(20)24)12-21-18(16)22-15-5-3-13(4-6-15)7-10-23-8-1-2-9-23/h3-6,11-12H,1-2,7-10H2,(H2,20,24)(H,21,22). The first-order chi connectivity index (χ1) is 11.6. The van der Waals surface area contributed by atoms with E-state index in [0.717, 1.165) is 18.7 Å². The summed E-state index contributed by atoms with van der Waals surface area (Å²) in [4.78, 5) is 17.8. The first-order valence-electron chi connectivity index (χ1n) is 8.15. The molecule has 0 bridgehead atoms. The van der Waals surface area contributed by atoms with Crippen molar-refractivity contribution in [1.82, 2.24) is 9.88 Å². The van der Waals surface area contributed by atoms with E-state index in [1.807, 2.05) is 12.1 Å². The molecule has 1 aromatic carbocycles. The number of hydrogen-bond acceptors (Lipinski definition) is 4. The van der Waals surface area contributed by atoms with Gasteiger partial charge in [-0.2, -0.15) is 0 Å². The van der Waals surface area contributed by atoms with E-state index in [1.165, 1.54) is 43.8 Å². The minimum atomic E-state index is -0.543. The topological polar surface area (TPSA) is 71.2 Å². The number of anilines is 2. The molecule has 1 aliphatic rings. The number of hydrogen-bond donors (Lipinski definition) is 2. The van der Waals surface area contributed by atoms with Gasteiger partial charge in [0.25, 0.3) is 0 Å². The second-order valence-electron chi connectivity index (χ2n) is 6.04. The number of carbonyl (C=O) groups excluding carboxylic acids is 1. The molecular formula is C18H21ClN4O. The van der Waals surface area contributed by atoms with Crippen LogP contribution in [0, 0.1) is 0 Å². The molecule has 3 N–H and O–H groups in total. The van der Waals surface area contributed by atoms with E-state index in [1.54, 1.807) is 0 Å². The monoisotopic (exact) mass is 344 g/mol. The van der Waals surface area contributed by atoms with Crippen LogP contribution in [0.25, 0.3) is 0 Å². The lowest BCUT2D eigenvalue weighted by Crippen LogP contribution is -2.21. The van der Waals surface area contributed by atoms with Crippen molar-refractivity contribution in [2.45, 2.75) is 19.3 Å². The maximum absolute atomic E-state index is 11.1. The number of amides is 1. The number of nitrogens with one attached hydrogen (secondary N) is 1. The van der Waals surface area contributed by atoms with Gasteiger partial charge >= 0.3 is 0 Å². The van der Waals surface area contributed by atoms with E-state index < -0.39 is 5.91 Å². The third kappa shape index (κ3) is 4.24. The maximum atomic E-state index is 11.1. The van der Waals surface area contributed by atoms with Gasteiger partial charge in [-0.05, 0) is 56.1 Å². The van der Waals surface area contributed by atoms with Crippen molar-refractivity contribution in [3.8, 4) is 0 Å². The molecule has 1 aromatic heterocycles. The Bertz CT molecular complexity index is 711. The van der Waals surface area contributed by atoms with Crippen molar-refractivity contribution in [1.29, 1.82) is 0 Å². The zero-order chi connectivity index (χ0) is 16.9. The van der Waals surface area contributed by atoms with Crippen molar-refractivity contribution in [3.63, 3.8) is 0 Å². The summed E-state index contributed by atoms with van der Waals surface area (Å²) in [5, 5.41) is 3.52. The van der Waals surface area contributed by atoms with Gasteiger partial charge in [0.15, 0.2) is 0 Å². The zero-order valence-electron chi connectivity index (χ0n) is 13.5. The molecule has 1 aliphatic heterocycles. The number of rotatable bonds is 6. The van der Waals surface area contributed by atoms with Gasteiger partial charge in [-0.1, -0.05) is 23.7 Å². The van der Waals surface area contributed by atoms with Crippen molar-refractivity contribution in [2.75, 3.05) is 25.0 Å². The molecule has 24 heavy (non-hydrogen) atoms. The van der Waals surface area contributed by atoms with E-state index >= 15 is 0 Å². The molecule has 1 saturated heterocycles. The predicted molar refractivity (Wildman–Crippen MR) is 96.9 cm³/mol. The second-order valence-corrected chi connectivity index (χ2v) is 6.45. The minimum Gasteiger partial charge on any atom is -0.366 e. The van der Waals surface area contributed by atoms with Crippen LogP contribution in [0.15, 0.2) is 36.5 Å². The highest BCUT2D eigenvalue weighted by atomic mass is 35.5. The highest BCUT2D eigenvalue weighted by molar-refractivity contribution is 6.33. The molecule has 0 atom stereocenters. The zero-order valence-corrected chi connectivity index (χ0v) is 14.2. The van der Waals surface area contributed by atoms with Crippen LogP contribution in [-0.2, 0) is 6.42 Å². The van der Waals surface area contributed by atoms with E-state index in [-0.39, 0.29) is 0 Å². The summed E-state index contributed by atoms with van der Waals surface area (Å²) in [6.07, 6.45) is 5.13. The number of primary amides is 1. The lowest BCUT2D eigenvalue weighted by Gasteiger charge is -2.14. The Morgan fingerprint density at radius 1 is 1.25 bits per heavy atom. The summed E-state index contributed by atoms with van der Waals surface area (Å²) in [5.74, 6) is -0.0372. The molecule has 5 nitrogen and oxygen atoms in total. The van der Waals surface area contributed by atoms with Crippen LogP contribution in [0.2, 0.25) is 5.02 Å². The molecule has 126 valence electrons. The van der Waals surface area contributed by atoms with Crippen LogP contribution >= 0.6 is 11.6 Å². The van der Waals surface area contributed by atoms with Crippen molar-refractivity contribution >= 4 is 29.0 Å². The van der Waals surface area contributed by atoms with E-state index in [9.17, 15) is 4.79 Å². The van der Waals surface area contributed by atoms with E-state index in [0.29, 0.717) is 16.4 Å². The third-order valence-electron chi connectivity index (χ3n) is 4.26. The summed E-state index contributed by atoms with van der Waals surface area (Å²) < 4.78 is 0. The fourth-order valence-electron chi connectivity index (χ4n) is 2.85. The summed E-state index contributed by atoms with van der Waals surface area (Å²) in [5.41, 5.74) is 7.73.